The third-order valence-electron chi connectivity index (χ3n) is 5.00. The quantitative estimate of drug-likeness (QED) is 0.187. The summed E-state index contributed by atoms with van der Waals surface area (Å²) >= 11 is 3.37. The fraction of sp³-hybridized carbons (Fsp3) is 0.0435. The molecule has 1 unspecified atom stereocenters. The van der Waals surface area contributed by atoms with Crippen LogP contribution in [-0.2, 0) is 9.59 Å². The van der Waals surface area contributed by atoms with Gasteiger partial charge in [0.2, 0.25) is 0 Å². The number of rotatable bonds is 4. The normalized spacial score (nSPS) is 17.7. The molecule has 1 fully saturated rings. The summed E-state index contributed by atoms with van der Waals surface area (Å²) in [5.41, 5.74) is 1.10. The lowest BCUT2D eigenvalue weighted by Gasteiger charge is -2.25. The molecule has 1 saturated heterocycles. The van der Waals surface area contributed by atoms with E-state index in [0.717, 1.165) is 0 Å². The van der Waals surface area contributed by atoms with Gasteiger partial charge in [-0.3, -0.25) is 24.6 Å². The Labute approximate surface area is 185 Å². The molecular formula is C23H15BrN2O5. The molecule has 7 nitrogen and oxygen atoms in total. The molecule has 154 valence electrons. The second-order valence-electron chi connectivity index (χ2n) is 6.86. The van der Waals surface area contributed by atoms with Crippen molar-refractivity contribution in [2.75, 3.05) is 4.90 Å². The molecule has 1 aliphatic heterocycles. The van der Waals surface area contributed by atoms with E-state index in [4.69, 9.17) is 0 Å². The highest BCUT2D eigenvalue weighted by Crippen LogP contribution is 2.42. The molecular weight excluding hydrogens is 464 g/mol. The number of halogens is 1. The van der Waals surface area contributed by atoms with E-state index >= 15 is 0 Å². The highest BCUT2D eigenvalue weighted by molar-refractivity contribution is 9.10. The number of aliphatic hydroxyl groups excluding tert-OH is 1. The van der Waals surface area contributed by atoms with Crippen molar-refractivity contribution in [3.63, 3.8) is 0 Å². The van der Waals surface area contributed by atoms with Crippen LogP contribution in [-0.4, -0.2) is 21.7 Å². The molecule has 0 aromatic heterocycles. The minimum Gasteiger partial charge on any atom is -0.507 e. The summed E-state index contributed by atoms with van der Waals surface area (Å²) in [6, 6.07) is 20.0. The average Bonchev–Trinajstić information content (AvgIpc) is 3.04. The van der Waals surface area contributed by atoms with Crippen LogP contribution in [0, 0.1) is 10.1 Å². The maximum atomic E-state index is 13.0. The van der Waals surface area contributed by atoms with Crippen LogP contribution < -0.4 is 4.90 Å². The van der Waals surface area contributed by atoms with Gasteiger partial charge in [-0.25, -0.2) is 0 Å². The van der Waals surface area contributed by atoms with Gasteiger partial charge in [0.25, 0.3) is 17.4 Å². The number of nitro groups is 1. The largest absolute Gasteiger partial charge is 0.507 e. The van der Waals surface area contributed by atoms with Gasteiger partial charge < -0.3 is 5.11 Å². The zero-order valence-electron chi connectivity index (χ0n) is 15.9. The van der Waals surface area contributed by atoms with Crippen molar-refractivity contribution < 1.29 is 19.6 Å². The lowest BCUT2D eigenvalue weighted by molar-refractivity contribution is -0.384. The summed E-state index contributed by atoms with van der Waals surface area (Å²) in [7, 11) is 0. The zero-order valence-corrected chi connectivity index (χ0v) is 17.5. The first-order valence-electron chi connectivity index (χ1n) is 9.25. The van der Waals surface area contributed by atoms with Gasteiger partial charge in [0.05, 0.1) is 16.5 Å². The lowest BCUT2D eigenvalue weighted by atomic mass is 9.95. The van der Waals surface area contributed by atoms with Crippen LogP contribution >= 0.6 is 15.9 Å². The highest BCUT2D eigenvalue weighted by Gasteiger charge is 2.47. The molecule has 0 spiro atoms. The second-order valence-corrected chi connectivity index (χ2v) is 7.78. The molecule has 1 N–H and O–H groups in total. The molecule has 31 heavy (non-hydrogen) atoms. The zero-order chi connectivity index (χ0) is 22.1. The number of aliphatic hydroxyl groups is 1. The Morgan fingerprint density at radius 2 is 1.65 bits per heavy atom. The predicted molar refractivity (Wildman–Crippen MR) is 118 cm³/mol. The first kappa shape index (κ1) is 20.5. The van der Waals surface area contributed by atoms with Gasteiger partial charge in [0.1, 0.15) is 5.76 Å². The van der Waals surface area contributed by atoms with Crippen LogP contribution in [0.5, 0.6) is 0 Å². The van der Waals surface area contributed by atoms with Crippen LogP contribution in [0.4, 0.5) is 11.4 Å². The monoisotopic (exact) mass is 478 g/mol. The fourth-order valence-corrected chi connectivity index (χ4v) is 3.96. The number of hydrogen-bond acceptors (Lipinski definition) is 5. The Balaban J connectivity index is 1.94. The number of carbonyl (C=O) groups is 2. The van der Waals surface area contributed by atoms with Crippen molar-refractivity contribution in [1.82, 2.24) is 0 Å². The van der Waals surface area contributed by atoms with Crippen LogP contribution in [0.15, 0.2) is 88.9 Å². The van der Waals surface area contributed by atoms with Crippen molar-refractivity contribution in [3.8, 4) is 0 Å². The van der Waals surface area contributed by atoms with E-state index in [1.165, 1.54) is 29.2 Å². The minimum absolute atomic E-state index is 0.0787. The number of nitrogens with zero attached hydrogens (tertiary/aromatic N) is 2. The number of ketones is 1. The molecule has 0 bridgehead atoms. The number of Topliss-reactive ketones (excluding diaryl/α,β-unsaturated/α-hetero) is 1. The third-order valence-corrected chi connectivity index (χ3v) is 5.49. The highest BCUT2D eigenvalue weighted by atomic mass is 79.9. The molecule has 0 aliphatic carbocycles. The molecule has 1 atom stereocenters. The number of nitro benzene ring substituents is 1. The van der Waals surface area contributed by atoms with E-state index in [-0.39, 0.29) is 17.0 Å². The Morgan fingerprint density at radius 3 is 2.26 bits per heavy atom. The van der Waals surface area contributed by atoms with Gasteiger partial charge >= 0.3 is 0 Å². The first-order chi connectivity index (χ1) is 14.9. The van der Waals surface area contributed by atoms with Crippen molar-refractivity contribution >= 4 is 44.8 Å². The molecule has 8 heteroatoms. The molecule has 1 heterocycles. The molecule has 1 aliphatic rings. The molecule has 4 rings (SSSR count). The Bertz CT molecular complexity index is 1220. The fourth-order valence-electron chi connectivity index (χ4n) is 3.57. The maximum Gasteiger partial charge on any atom is 0.300 e. The summed E-state index contributed by atoms with van der Waals surface area (Å²) in [6.45, 7) is 0. The third kappa shape index (κ3) is 3.73. The second kappa shape index (κ2) is 8.16. The van der Waals surface area contributed by atoms with Crippen molar-refractivity contribution in [2.45, 2.75) is 6.04 Å². The van der Waals surface area contributed by atoms with Gasteiger partial charge in [-0.15, -0.1) is 0 Å². The van der Waals surface area contributed by atoms with Crippen molar-refractivity contribution in [2.24, 2.45) is 0 Å². The van der Waals surface area contributed by atoms with E-state index < -0.39 is 22.7 Å². The predicted octanol–water partition coefficient (Wildman–Crippen LogP) is 4.98. The maximum absolute atomic E-state index is 13.0. The molecule has 0 saturated carbocycles. The summed E-state index contributed by atoms with van der Waals surface area (Å²) in [6.07, 6.45) is 0. The van der Waals surface area contributed by atoms with E-state index in [1.807, 2.05) is 0 Å². The topological polar surface area (TPSA) is 101 Å². The van der Waals surface area contributed by atoms with Gasteiger partial charge in [0.15, 0.2) is 0 Å². The summed E-state index contributed by atoms with van der Waals surface area (Å²) in [5, 5.41) is 22.0. The smallest absolute Gasteiger partial charge is 0.300 e. The Morgan fingerprint density at radius 1 is 0.968 bits per heavy atom. The van der Waals surface area contributed by atoms with Gasteiger partial charge in [-0.05, 0) is 35.9 Å². The van der Waals surface area contributed by atoms with Gasteiger partial charge in [-0.2, -0.15) is 0 Å². The lowest BCUT2D eigenvalue weighted by Crippen LogP contribution is -2.29. The first-order valence-corrected chi connectivity index (χ1v) is 10.0. The van der Waals surface area contributed by atoms with Crippen LogP contribution in [0.3, 0.4) is 0 Å². The number of carbonyl (C=O) groups excluding carboxylic acids is 2. The Hall–Kier alpha value is -3.78. The van der Waals surface area contributed by atoms with Crippen molar-refractivity contribution in [1.29, 1.82) is 0 Å². The summed E-state index contributed by atoms with van der Waals surface area (Å²) < 4.78 is 0.706. The molecule has 3 aromatic carbocycles. The minimum atomic E-state index is -0.949. The summed E-state index contributed by atoms with van der Waals surface area (Å²) in [4.78, 5) is 37.9. The van der Waals surface area contributed by atoms with Crippen molar-refractivity contribution in [3.05, 3.63) is 110 Å². The number of non-ortho nitro benzene ring substituents is 1. The standard InChI is InChI=1S/C23H15BrN2O5/c24-16-7-4-8-18(13-16)25-20(14-9-11-17(12-10-14)26(30)31)19(22(28)23(25)29)21(27)15-5-2-1-3-6-15/h1-13,20,27H. The SMILES string of the molecule is O=C1C(=O)N(c2cccc(Br)c2)C(c2ccc([N+](=O)[O-])cc2)C1=C(O)c1ccccc1. The Kier molecular flexibility index (Phi) is 5.39. The average molecular weight is 479 g/mol. The van der Waals surface area contributed by atoms with E-state index in [9.17, 15) is 24.8 Å². The van der Waals surface area contributed by atoms with Gasteiger partial charge in [-0.1, -0.05) is 52.3 Å². The number of amides is 1. The van der Waals surface area contributed by atoms with Crippen LogP contribution in [0.25, 0.3) is 5.76 Å². The van der Waals surface area contributed by atoms with Crippen LogP contribution in [0.1, 0.15) is 17.2 Å². The van der Waals surface area contributed by atoms with E-state index in [1.54, 1.807) is 54.6 Å². The van der Waals surface area contributed by atoms with Gasteiger partial charge in [0, 0.05) is 27.9 Å². The number of hydrogen-bond donors (Lipinski definition) is 1. The molecule has 0 radical (unpaired) electrons. The number of benzene rings is 3. The van der Waals surface area contributed by atoms with E-state index in [2.05, 4.69) is 15.9 Å². The summed E-state index contributed by atoms with van der Waals surface area (Å²) in [5.74, 6) is -1.93. The number of anilines is 1. The molecule has 3 aromatic rings. The molecule has 1 amide bonds. The van der Waals surface area contributed by atoms with Crippen LogP contribution in [0.2, 0.25) is 0 Å². The van der Waals surface area contributed by atoms with E-state index in [0.29, 0.717) is 21.3 Å².